The Kier molecular flexibility index (Phi) is 5.69. The number of nitrogens with one attached hydrogen (secondary N) is 1. The summed E-state index contributed by atoms with van der Waals surface area (Å²) in [5.74, 6) is -0.0371. The van der Waals surface area contributed by atoms with Crippen LogP contribution in [0.25, 0.3) is 0 Å². The van der Waals surface area contributed by atoms with Crippen molar-refractivity contribution >= 4 is 5.97 Å². The van der Waals surface area contributed by atoms with Gasteiger partial charge in [0.05, 0.1) is 6.54 Å². The van der Waals surface area contributed by atoms with Gasteiger partial charge >= 0.3 is 5.97 Å². The van der Waals surface area contributed by atoms with Gasteiger partial charge in [0, 0.05) is 6.04 Å². The van der Waals surface area contributed by atoms with E-state index in [-0.39, 0.29) is 6.54 Å². The molecule has 1 aliphatic rings. The highest BCUT2D eigenvalue weighted by molar-refractivity contribution is 5.69. The zero-order valence-electron chi connectivity index (χ0n) is 9.67. The SMILES string of the molecule is CCCC(NCC(=O)O)C1CCCCC1. The minimum atomic E-state index is -0.744. The van der Waals surface area contributed by atoms with Crippen LogP contribution in [0.3, 0.4) is 0 Å². The number of rotatable bonds is 6. The maximum absolute atomic E-state index is 10.5. The number of aliphatic carboxylic acids is 1. The van der Waals surface area contributed by atoms with Crippen molar-refractivity contribution < 1.29 is 9.90 Å². The van der Waals surface area contributed by atoms with Crippen molar-refractivity contribution in [2.45, 2.75) is 57.9 Å². The van der Waals surface area contributed by atoms with Gasteiger partial charge in [-0.05, 0) is 25.2 Å². The van der Waals surface area contributed by atoms with Gasteiger partial charge in [-0.25, -0.2) is 0 Å². The number of carbonyl (C=O) groups is 1. The molecule has 1 fully saturated rings. The van der Waals surface area contributed by atoms with Gasteiger partial charge in [0.2, 0.25) is 0 Å². The Morgan fingerprint density at radius 1 is 1.40 bits per heavy atom. The highest BCUT2D eigenvalue weighted by Gasteiger charge is 2.22. The lowest BCUT2D eigenvalue weighted by molar-refractivity contribution is -0.136. The fourth-order valence-corrected chi connectivity index (χ4v) is 2.57. The molecule has 0 aliphatic heterocycles. The molecule has 1 rings (SSSR count). The minimum Gasteiger partial charge on any atom is -0.480 e. The van der Waals surface area contributed by atoms with Crippen LogP contribution < -0.4 is 5.32 Å². The van der Waals surface area contributed by atoms with E-state index in [2.05, 4.69) is 12.2 Å². The van der Waals surface area contributed by atoms with Crippen molar-refractivity contribution in [2.24, 2.45) is 5.92 Å². The second-order valence-electron chi connectivity index (χ2n) is 4.57. The molecule has 88 valence electrons. The van der Waals surface area contributed by atoms with Crippen LogP contribution in [-0.2, 0) is 4.79 Å². The first-order valence-corrected chi connectivity index (χ1v) is 6.19. The number of hydrogen-bond donors (Lipinski definition) is 2. The molecule has 0 aromatic heterocycles. The maximum Gasteiger partial charge on any atom is 0.317 e. The predicted molar refractivity (Wildman–Crippen MR) is 60.9 cm³/mol. The topological polar surface area (TPSA) is 49.3 Å². The Morgan fingerprint density at radius 2 is 2.07 bits per heavy atom. The lowest BCUT2D eigenvalue weighted by atomic mass is 9.82. The molecule has 15 heavy (non-hydrogen) atoms. The van der Waals surface area contributed by atoms with Gasteiger partial charge in [0.25, 0.3) is 0 Å². The van der Waals surface area contributed by atoms with Gasteiger partial charge in [-0.3, -0.25) is 4.79 Å². The molecule has 0 saturated heterocycles. The number of hydrogen-bond acceptors (Lipinski definition) is 2. The van der Waals surface area contributed by atoms with Crippen LogP contribution in [0.5, 0.6) is 0 Å². The fourth-order valence-electron chi connectivity index (χ4n) is 2.57. The summed E-state index contributed by atoms with van der Waals surface area (Å²) in [6.07, 6.45) is 8.79. The zero-order chi connectivity index (χ0) is 11.1. The highest BCUT2D eigenvalue weighted by atomic mass is 16.4. The van der Waals surface area contributed by atoms with Crippen molar-refractivity contribution in [3.05, 3.63) is 0 Å². The second-order valence-corrected chi connectivity index (χ2v) is 4.57. The van der Waals surface area contributed by atoms with Crippen molar-refractivity contribution in [1.82, 2.24) is 5.32 Å². The summed E-state index contributed by atoms with van der Waals surface area (Å²) in [6, 6.07) is 0.423. The van der Waals surface area contributed by atoms with Gasteiger partial charge in [0.15, 0.2) is 0 Å². The highest BCUT2D eigenvalue weighted by Crippen LogP contribution is 2.28. The van der Waals surface area contributed by atoms with Crippen molar-refractivity contribution in [3.8, 4) is 0 Å². The molecule has 1 atom stereocenters. The second kappa shape index (κ2) is 6.83. The quantitative estimate of drug-likeness (QED) is 0.712. The normalized spacial score (nSPS) is 20.1. The Morgan fingerprint density at radius 3 is 2.60 bits per heavy atom. The van der Waals surface area contributed by atoms with E-state index in [1.54, 1.807) is 0 Å². The molecular formula is C12H23NO2. The van der Waals surface area contributed by atoms with E-state index < -0.39 is 5.97 Å². The number of carboxylic acids is 1. The summed E-state index contributed by atoms with van der Waals surface area (Å²) < 4.78 is 0. The van der Waals surface area contributed by atoms with Gasteiger partial charge in [-0.2, -0.15) is 0 Å². The summed E-state index contributed by atoms with van der Waals surface area (Å²) in [6.45, 7) is 2.28. The largest absolute Gasteiger partial charge is 0.480 e. The maximum atomic E-state index is 10.5. The molecule has 0 bridgehead atoms. The predicted octanol–water partition coefficient (Wildman–Crippen LogP) is 2.41. The van der Waals surface area contributed by atoms with Gasteiger partial charge in [0.1, 0.15) is 0 Å². The van der Waals surface area contributed by atoms with Gasteiger partial charge < -0.3 is 10.4 Å². The summed E-state index contributed by atoms with van der Waals surface area (Å²) in [4.78, 5) is 10.5. The average molecular weight is 213 g/mol. The van der Waals surface area contributed by atoms with Crippen molar-refractivity contribution in [3.63, 3.8) is 0 Å². The molecule has 0 radical (unpaired) electrons. The van der Waals surface area contributed by atoms with Crippen LogP contribution in [0.2, 0.25) is 0 Å². The Bertz CT molecular complexity index is 188. The van der Waals surface area contributed by atoms with Crippen molar-refractivity contribution in [2.75, 3.05) is 6.54 Å². The van der Waals surface area contributed by atoms with E-state index in [0.29, 0.717) is 12.0 Å². The van der Waals surface area contributed by atoms with Gasteiger partial charge in [-0.15, -0.1) is 0 Å². The summed E-state index contributed by atoms with van der Waals surface area (Å²) >= 11 is 0. The first-order chi connectivity index (χ1) is 7.24. The minimum absolute atomic E-state index is 0.112. The molecule has 1 unspecified atom stereocenters. The van der Waals surface area contributed by atoms with Crippen LogP contribution in [0.4, 0.5) is 0 Å². The first kappa shape index (κ1) is 12.5. The van der Waals surface area contributed by atoms with Crippen LogP contribution in [0.1, 0.15) is 51.9 Å². The summed E-state index contributed by atoms with van der Waals surface area (Å²) in [5.41, 5.74) is 0. The molecule has 3 heteroatoms. The van der Waals surface area contributed by atoms with E-state index in [9.17, 15) is 4.79 Å². The van der Waals surface area contributed by atoms with Gasteiger partial charge in [-0.1, -0.05) is 32.6 Å². The molecular weight excluding hydrogens is 190 g/mol. The lowest BCUT2D eigenvalue weighted by Crippen LogP contribution is -2.40. The van der Waals surface area contributed by atoms with E-state index >= 15 is 0 Å². The third-order valence-corrected chi connectivity index (χ3v) is 3.33. The first-order valence-electron chi connectivity index (χ1n) is 6.19. The molecule has 0 amide bonds. The molecule has 2 N–H and O–H groups in total. The summed E-state index contributed by atoms with van der Waals surface area (Å²) in [7, 11) is 0. The van der Waals surface area contributed by atoms with Crippen LogP contribution in [0.15, 0.2) is 0 Å². The van der Waals surface area contributed by atoms with Crippen LogP contribution >= 0.6 is 0 Å². The molecule has 0 aromatic rings. The van der Waals surface area contributed by atoms with E-state index in [4.69, 9.17) is 5.11 Å². The average Bonchev–Trinajstić information content (AvgIpc) is 2.25. The smallest absolute Gasteiger partial charge is 0.317 e. The molecule has 1 aliphatic carbocycles. The number of carboxylic acid groups (broad SMARTS) is 1. The third kappa shape index (κ3) is 4.65. The Balaban J connectivity index is 2.36. The van der Waals surface area contributed by atoms with Crippen LogP contribution in [0, 0.1) is 5.92 Å². The Hall–Kier alpha value is -0.570. The third-order valence-electron chi connectivity index (χ3n) is 3.33. The fraction of sp³-hybridized carbons (Fsp3) is 0.917. The standard InChI is InChI=1S/C12H23NO2/c1-2-6-11(13-9-12(14)15)10-7-4-3-5-8-10/h10-11,13H,2-9H2,1H3,(H,14,15). The molecule has 0 spiro atoms. The van der Waals surface area contributed by atoms with Crippen molar-refractivity contribution in [1.29, 1.82) is 0 Å². The Labute approximate surface area is 92.3 Å². The lowest BCUT2D eigenvalue weighted by Gasteiger charge is -2.30. The van der Waals surface area contributed by atoms with E-state index in [0.717, 1.165) is 12.8 Å². The molecule has 1 saturated carbocycles. The zero-order valence-corrected chi connectivity index (χ0v) is 9.67. The summed E-state index contributed by atoms with van der Waals surface area (Å²) in [5, 5.41) is 11.9. The molecule has 0 heterocycles. The molecule has 3 nitrogen and oxygen atoms in total. The van der Waals surface area contributed by atoms with E-state index in [1.807, 2.05) is 0 Å². The van der Waals surface area contributed by atoms with Crippen LogP contribution in [-0.4, -0.2) is 23.7 Å². The molecule has 0 aromatic carbocycles. The monoisotopic (exact) mass is 213 g/mol. The van der Waals surface area contributed by atoms with E-state index in [1.165, 1.54) is 32.1 Å².